The number of aromatic nitrogens is 1. The van der Waals surface area contributed by atoms with Crippen molar-refractivity contribution < 1.29 is 13.2 Å². The van der Waals surface area contributed by atoms with Gasteiger partial charge in [0.1, 0.15) is 5.52 Å². The van der Waals surface area contributed by atoms with Crippen molar-refractivity contribution in [3.8, 4) is 0 Å². The largest absolute Gasteiger partial charge is 0.385 e. The smallest absolute Gasteiger partial charge is 0.196 e. The summed E-state index contributed by atoms with van der Waals surface area (Å²) in [7, 11) is 0. The van der Waals surface area contributed by atoms with Gasteiger partial charge in [-0.2, -0.15) is 0 Å². The third-order valence-electron chi connectivity index (χ3n) is 2.87. The maximum absolute atomic E-state index is 13.8. The molecule has 0 aliphatic rings. The molecule has 102 valence electrons. The molecule has 0 unspecified atom stereocenters. The molecule has 0 saturated carbocycles. The minimum absolute atomic E-state index is 0.124. The van der Waals surface area contributed by atoms with E-state index in [0.717, 1.165) is 12.5 Å². The summed E-state index contributed by atoms with van der Waals surface area (Å²) in [6.45, 7) is 4.45. The molecule has 0 aliphatic heterocycles. The second-order valence-corrected chi connectivity index (χ2v) is 4.32. The van der Waals surface area contributed by atoms with Crippen molar-refractivity contribution >= 4 is 16.6 Å². The highest BCUT2D eigenvalue weighted by Gasteiger charge is 2.17. The maximum Gasteiger partial charge on any atom is 0.196 e. The van der Waals surface area contributed by atoms with E-state index >= 15 is 0 Å². The monoisotopic (exact) mass is 268 g/mol. The average Bonchev–Trinajstić information content (AvgIpc) is 2.38. The Kier molecular flexibility index (Phi) is 3.93. The number of hydrogen-bond donors (Lipinski definition) is 1. The Labute approximate surface area is 109 Å². The fraction of sp³-hybridized carbons (Fsp3) is 0.357. The molecule has 0 bridgehead atoms. The number of aryl methyl sites for hydroxylation is 1. The van der Waals surface area contributed by atoms with Gasteiger partial charge in [0.05, 0.1) is 0 Å². The lowest BCUT2D eigenvalue weighted by Gasteiger charge is -2.11. The molecule has 0 spiro atoms. The Morgan fingerprint density at radius 2 is 1.84 bits per heavy atom. The normalized spacial score (nSPS) is 11.0. The van der Waals surface area contributed by atoms with Crippen molar-refractivity contribution in [2.75, 3.05) is 11.9 Å². The zero-order valence-electron chi connectivity index (χ0n) is 10.9. The van der Waals surface area contributed by atoms with Gasteiger partial charge >= 0.3 is 0 Å². The number of anilines is 1. The predicted molar refractivity (Wildman–Crippen MR) is 69.8 cm³/mol. The molecular weight excluding hydrogens is 253 g/mol. The van der Waals surface area contributed by atoms with Crippen LogP contribution in [0.2, 0.25) is 0 Å². The molecule has 0 radical (unpaired) electrons. The van der Waals surface area contributed by atoms with Crippen LogP contribution in [-0.4, -0.2) is 11.5 Å². The summed E-state index contributed by atoms with van der Waals surface area (Å²) < 4.78 is 40.4. The van der Waals surface area contributed by atoms with Crippen LogP contribution in [0.1, 0.15) is 26.0 Å². The van der Waals surface area contributed by atoms with Gasteiger partial charge in [0.25, 0.3) is 0 Å². The summed E-state index contributed by atoms with van der Waals surface area (Å²) in [5.41, 5.74) is 1.12. The summed E-state index contributed by atoms with van der Waals surface area (Å²) in [4.78, 5) is 4.09. The molecule has 1 heterocycles. The highest BCUT2D eigenvalue weighted by molar-refractivity contribution is 5.92. The van der Waals surface area contributed by atoms with Crippen molar-refractivity contribution in [1.82, 2.24) is 4.98 Å². The van der Waals surface area contributed by atoms with Crippen molar-refractivity contribution in [2.24, 2.45) is 0 Å². The van der Waals surface area contributed by atoms with E-state index in [1.807, 2.05) is 13.8 Å². The fourth-order valence-corrected chi connectivity index (χ4v) is 2.04. The second kappa shape index (κ2) is 5.47. The molecule has 19 heavy (non-hydrogen) atoms. The lowest BCUT2D eigenvalue weighted by atomic mass is 10.1. The Balaban J connectivity index is 2.75. The van der Waals surface area contributed by atoms with E-state index in [9.17, 15) is 13.2 Å². The van der Waals surface area contributed by atoms with Crippen LogP contribution < -0.4 is 5.32 Å². The molecule has 0 saturated heterocycles. The van der Waals surface area contributed by atoms with E-state index in [1.165, 1.54) is 0 Å². The summed E-state index contributed by atoms with van der Waals surface area (Å²) in [5.74, 6) is -3.91. The molecule has 1 aromatic carbocycles. The zero-order chi connectivity index (χ0) is 14.0. The number of hydrogen-bond acceptors (Lipinski definition) is 2. The molecule has 2 nitrogen and oxygen atoms in total. The Morgan fingerprint density at radius 1 is 1.11 bits per heavy atom. The number of benzene rings is 1. The molecular formula is C14H15F3N2. The van der Waals surface area contributed by atoms with Crippen molar-refractivity contribution in [3.63, 3.8) is 0 Å². The second-order valence-electron chi connectivity index (χ2n) is 4.32. The van der Waals surface area contributed by atoms with Gasteiger partial charge in [0.2, 0.25) is 0 Å². The maximum atomic E-state index is 13.8. The van der Waals surface area contributed by atoms with E-state index in [0.29, 0.717) is 24.3 Å². The lowest BCUT2D eigenvalue weighted by molar-refractivity contribution is 0.452. The van der Waals surface area contributed by atoms with Gasteiger partial charge in [-0.05, 0) is 25.5 Å². The Hall–Kier alpha value is -1.78. The Bertz CT molecular complexity index is 611. The van der Waals surface area contributed by atoms with E-state index in [1.54, 1.807) is 6.07 Å². The van der Waals surface area contributed by atoms with Crippen LogP contribution in [0.4, 0.5) is 18.9 Å². The first-order valence-corrected chi connectivity index (χ1v) is 6.29. The van der Waals surface area contributed by atoms with Gasteiger partial charge in [0.15, 0.2) is 17.5 Å². The minimum Gasteiger partial charge on any atom is -0.385 e. The van der Waals surface area contributed by atoms with Gasteiger partial charge in [-0.3, -0.25) is 0 Å². The summed E-state index contributed by atoms with van der Waals surface area (Å²) >= 11 is 0. The van der Waals surface area contributed by atoms with Crippen LogP contribution in [0.15, 0.2) is 12.1 Å². The highest BCUT2D eigenvalue weighted by Crippen LogP contribution is 2.28. The van der Waals surface area contributed by atoms with Gasteiger partial charge in [-0.1, -0.05) is 13.3 Å². The first kappa shape index (κ1) is 13.6. The third kappa shape index (κ3) is 2.50. The van der Waals surface area contributed by atoms with Gasteiger partial charge in [-0.15, -0.1) is 0 Å². The molecule has 5 heteroatoms. The number of halogens is 3. The molecule has 2 aromatic rings. The molecule has 1 N–H and O–H groups in total. The topological polar surface area (TPSA) is 24.9 Å². The van der Waals surface area contributed by atoms with E-state index < -0.39 is 17.5 Å². The molecule has 0 aliphatic carbocycles. The van der Waals surface area contributed by atoms with Crippen molar-refractivity contribution in [1.29, 1.82) is 0 Å². The number of nitrogens with one attached hydrogen (secondary N) is 1. The van der Waals surface area contributed by atoms with Crippen molar-refractivity contribution in [2.45, 2.75) is 26.7 Å². The van der Waals surface area contributed by atoms with Crippen LogP contribution in [0, 0.1) is 17.5 Å². The highest BCUT2D eigenvalue weighted by atomic mass is 19.2. The average molecular weight is 268 g/mol. The summed E-state index contributed by atoms with van der Waals surface area (Å²) in [5, 5.41) is 3.29. The van der Waals surface area contributed by atoms with Crippen LogP contribution in [0.5, 0.6) is 0 Å². The van der Waals surface area contributed by atoms with Crippen LogP contribution in [-0.2, 0) is 6.42 Å². The first-order chi connectivity index (χ1) is 9.08. The predicted octanol–water partition coefficient (Wildman–Crippen LogP) is 4.04. The van der Waals surface area contributed by atoms with Gasteiger partial charge in [-0.25, -0.2) is 18.2 Å². The third-order valence-corrected chi connectivity index (χ3v) is 2.87. The standard InChI is InChI=1S/C14H15F3N2/c1-3-5-8-6-11(18-4-2)9-7-10(15)12(16)13(17)14(9)19-8/h6-7H,3-5H2,1-2H3,(H,18,19). The van der Waals surface area contributed by atoms with E-state index in [2.05, 4.69) is 10.3 Å². The Morgan fingerprint density at radius 3 is 2.47 bits per heavy atom. The molecule has 1 aromatic heterocycles. The summed E-state index contributed by atoms with van der Waals surface area (Å²) in [6.07, 6.45) is 1.50. The van der Waals surface area contributed by atoms with E-state index in [-0.39, 0.29) is 10.9 Å². The number of nitrogens with zero attached hydrogens (tertiary/aromatic N) is 1. The van der Waals surface area contributed by atoms with Crippen LogP contribution in [0.25, 0.3) is 10.9 Å². The number of fused-ring (bicyclic) bond motifs is 1. The molecule has 0 fully saturated rings. The van der Waals surface area contributed by atoms with Crippen molar-refractivity contribution in [3.05, 3.63) is 35.3 Å². The lowest BCUT2D eigenvalue weighted by Crippen LogP contribution is -2.04. The fourth-order valence-electron chi connectivity index (χ4n) is 2.04. The SMILES string of the molecule is CCCc1cc(NCC)c2cc(F)c(F)c(F)c2n1. The van der Waals surface area contributed by atoms with Crippen LogP contribution >= 0.6 is 0 Å². The number of pyridine rings is 1. The van der Waals surface area contributed by atoms with E-state index in [4.69, 9.17) is 0 Å². The van der Waals surface area contributed by atoms with Gasteiger partial charge < -0.3 is 5.32 Å². The molecule has 0 amide bonds. The molecule has 2 rings (SSSR count). The minimum atomic E-state index is -1.48. The number of rotatable bonds is 4. The van der Waals surface area contributed by atoms with Gasteiger partial charge in [0, 0.05) is 23.3 Å². The quantitative estimate of drug-likeness (QED) is 0.847. The van der Waals surface area contributed by atoms with Crippen LogP contribution in [0.3, 0.4) is 0 Å². The zero-order valence-corrected chi connectivity index (χ0v) is 10.9. The summed E-state index contributed by atoms with van der Waals surface area (Å²) in [6, 6.07) is 2.74. The molecule has 0 atom stereocenters. The first-order valence-electron chi connectivity index (χ1n) is 6.29.